The number of alkyl halides is 3. The molecule has 0 aromatic carbocycles. The van der Waals surface area contributed by atoms with Gasteiger partial charge in [-0.3, -0.25) is 4.90 Å². The minimum atomic E-state index is -4.42. The molecule has 9 heteroatoms. The summed E-state index contributed by atoms with van der Waals surface area (Å²) in [6.45, 7) is 3.30. The van der Waals surface area contributed by atoms with Crippen LogP contribution in [0.2, 0.25) is 0 Å². The maximum atomic E-state index is 12.7. The standard InChI is InChI=1S/C12H18F3N5S/c13-12(14,15)11-18-17-10-7-19(4-5-20(10)11)3-1-9-8-21-6-2-16-9/h9,16H,1-8H2. The Labute approximate surface area is 125 Å². The number of hydrogen-bond acceptors (Lipinski definition) is 5. The molecule has 3 rings (SSSR count). The van der Waals surface area contributed by atoms with Crippen LogP contribution in [0.3, 0.4) is 0 Å². The monoisotopic (exact) mass is 321 g/mol. The molecular weight excluding hydrogens is 303 g/mol. The summed E-state index contributed by atoms with van der Waals surface area (Å²) in [4.78, 5) is 2.16. The number of thioether (sulfide) groups is 1. The Balaban J connectivity index is 1.56. The fraction of sp³-hybridized carbons (Fsp3) is 0.833. The van der Waals surface area contributed by atoms with Crippen LogP contribution in [-0.4, -0.2) is 56.8 Å². The summed E-state index contributed by atoms with van der Waals surface area (Å²) in [6.07, 6.45) is -3.40. The molecule has 3 heterocycles. The lowest BCUT2D eigenvalue weighted by molar-refractivity contribution is -0.148. The van der Waals surface area contributed by atoms with Gasteiger partial charge in [-0.05, 0) is 6.42 Å². The van der Waals surface area contributed by atoms with E-state index < -0.39 is 12.0 Å². The third kappa shape index (κ3) is 3.51. The quantitative estimate of drug-likeness (QED) is 0.907. The van der Waals surface area contributed by atoms with Crippen molar-refractivity contribution in [3.8, 4) is 0 Å². The molecular formula is C12H18F3N5S. The van der Waals surface area contributed by atoms with Crippen LogP contribution in [0.1, 0.15) is 18.1 Å². The number of aromatic nitrogens is 3. The highest BCUT2D eigenvalue weighted by Crippen LogP contribution is 2.29. The molecule has 1 fully saturated rings. The first-order valence-electron chi connectivity index (χ1n) is 7.07. The molecule has 0 aliphatic carbocycles. The van der Waals surface area contributed by atoms with Crippen LogP contribution in [0.4, 0.5) is 13.2 Å². The van der Waals surface area contributed by atoms with Gasteiger partial charge in [0.1, 0.15) is 5.82 Å². The number of nitrogens with one attached hydrogen (secondary N) is 1. The average molecular weight is 321 g/mol. The zero-order valence-electron chi connectivity index (χ0n) is 11.6. The van der Waals surface area contributed by atoms with E-state index >= 15 is 0 Å². The predicted molar refractivity (Wildman–Crippen MR) is 74.0 cm³/mol. The van der Waals surface area contributed by atoms with E-state index in [0.29, 0.717) is 31.5 Å². The first kappa shape index (κ1) is 15.1. The molecule has 0 amide bonds. The average Bonchev–Trinajstić information content (AvgIpc) is 2.89. The number of rotatable bonds is 3. The van der Waals surface area contributed by atoms with E-state index in [1.807, 2.05) is 11.8 Å². The lowest BCUT2D eigenvalue weighted by Gasteiger charge is -2.30. The summed E-state index contributed by atoms with van der Waals surface area (Å²) in [5.41, 5.74) is 0. The highest BCUT2D eigenvalue weighted by Gasteiger charge is 2.39. The molecule has 1 atom stereocenters. The van der Waals surface area contributed by atoms with E-state index in [2.05, 4.69) is 20.4 Å². The zero-order valence-corrected chi connectivity index (χ0v) is 12.4. The highest BCUT2D eigenvalue weighted by atomic mass is 32.2. The third-order valence-corrected chi connectivity index (χ3v) is 5.01. The normalized spacial score (nSPS) is 24.0. The van der Waals surface area contributed by atoms with E-state index in [0.717, 1.165) is 31.0 Å². The van der Waals surface area contributed by atoms with E-state index in [1.54, 1.807) is 0 Å². The summed E-state index contributed by atoms with van der Waals surface area (Å²) in [5.74, 6) is 1.81. The lowest BCUT2D eigenvalue weighted by atomic mass is 10.2. The van der Waals surface area contributed by atoms with Crippen molar-refractivity contribution in [3.63, 3.8) is 0 Å². The molecule has 2 aliphatic rings. The van der Waals surface area contributed by atoms with Crippen LogP contribution in [0.25, 0.3) is 0 Å². The van der Waals surface area contributed by atoms with Gasteiger partial charge in [0, 0.05) is 43.7 Å². The first-order chi connectivity index (χ1) is 10.0. The van der Waals surface area contributed by atoms with Crippen molar-refractivity contribution < 1.29 is 13.2 Å². The van der Waals surface area contributed by atoms with Crippen LogP contribution in [-0.2, 0) is 19.3 Å². The fourth-order valence-corrected chi connectivity index (χ4v) is 3.75. The summed E-state index contributed by atoms with van der Waals surface area (Å²) in [6, 6.07) is 0.509. The number of nitrogens with zero attached hydrogens (tertiary/aromatic N) is 4. The molecule has 0 radical (unpaired) electrons. The van der Waals surface area contributed by atoms with Gasteiger partial charge in [0.2, 0.25) is 5.82 Å². The largest absolute Gasteiger partial charge is 0.451 e. The van der Waals surface area contributed by atoms with E-state index in [1.165, 1.54) is 4.57 Å². The summed E-state index contributed by atoms with van der Waals surface area (Å²) in [5, 5.41) is 10.5. The van der Waals surface area contributed by atoms with Gasteiger partial charge in [-0.2, -0.15) is 24.9 Å². The van der Waals surface area contributed by atoms with Crippen molar-refractivity contribution >= 4 is 11.8 Å². The van der Waals surface area contributed by atoms with Gasteiger partial charge >= 0.3 is 6.18 Å². The van der Waals surface area contributed by atoms with Crippen LogP contribution in [0.15, 0.2) is 0 Å². The number of fused-ring (bicyclic) bond motifs is 1. The summed E-state index contributed by atoms with van der Waals surface area (Å²) < 4.78 is 39.4. The molecule has 0 saturated carbocycles. The minimum absolute atomic E-state index is 0.310. The molecule has 2 aliphatic heterocycles. The van der Waals surface area contributed by atoms with Crippen molar-refractivity contribution in [2.75, 3.05) is 31.1 Å². The Bertz CT molecular complexity index is 484. The Morgan fingerprint density at radius 2 is 2.14 bits per heavy atom. The van der Waals surface area contributed by atoms with Gasteiger partial charge in [0.25, 0.3) is 0 Å². The van der Waals surface area contributed by atoms with Gasteiger partial charge in [-0.1, -0.05) is 0 Å². The van der Waals surface area contributed by atoms with Crippen LogP contribution >= 0.6 is 11.8 Å². The first-order valence-corrected chi connectivity index (χ1v) is 8.22. The van der Waals surface area contributed by atoms with Crippen molar-refractivity contribution in [2.24, 2.45) is 0 Å². The topological polar surface area (TPSA) is 46.0 Å². The Kier molecular flexibility index (Phi) is 4.41. The third-order valence-electron chi connectivity index (χ3n) is 3.88. The second-order valence-corrected chi connectivity index (χ2v) is 6.53. The summed E-state index contributed by atoms with van der Waals surface area (Å²) in [7, 11) is 0. The van der Waals surface area contributed by atoms with Crippen molar-refractivity contribution in [1.82, 2.24) is 25.0 Å². The number of halogens is 3. The van der Waals surface area contributed by atoms with Gasteiger partial charge in [0.15, 0.2) is 0 Å². The molecule has 5 nitrogen and oxygen atoms in total. The Morgan fingerprint density at radius 3 is 2.86 bits per heavy atom. The lowest BCUT2D eigenvalue weighted by Crippen LogP contribution is -2.42. The van der Waals surface area contributed by atoms with Crippen LogP contribution in [0.5, 0.6) is 0 Å². The van der Waals surface area contributed by atoms with E-state index in [-0.39, 0.29) is 0 Å². The molecule has 21 heavy (non-hydrogen) atoms. The fourth-order valence-electron chi connectivity index (χ4n) is 2.75. The number of hydrogen-bond donors (Lipinski definition) is 1. The second kappa shape index (κ2) is 6.13. The van der Waals surface area contributed by atoms with E-state index in [4.69, 9.17) is 0 Å². The van der Waals surface area contributed by atoms with Crippen molar-refractivity contribution in [1.29, 1.82) is 0 Å². The minimum Gasteiger partial charge on any atom is -0.312 e. The van der Waals surface area contributed by atoms with Crippen LogP contribution < -0.4 is 5.32 Å². The Hall–Kier alpha value is -0.800. The summed E-state index contributed by atoms with van der Waals surface area (Å²) >= 11 is 1.95. The predicted octanol–water partition coefficient (Wildman–Crippen LogP) is 1.21. The molecule has 118 valence electrons. The molecule has 0 bridgehead atoms. The maximum Gasteiger partial charge on any atom is 0.451 e. The Morgan fingerprint density at radius 1 is 1.29 bits per heavy atom. The highest BCUT2D eigenvalue weighted by molar-refractivity contribution is 7.99. The maximum absolute atomic E-state index is 12.7. The molecule has 1 aromatic heterocycles. The zero-order chi connectivity index (χ0) is 14.9. The van der Waals surface area contributed by atoms with Crippen molar-refractivity contribution in [2.45, 2.75) is 31.7 Å². The van der Waals surface area contributed by atoms with Gasteiger partial charge in [-0.25, -0.2) is 0 Å². The van der Waals surface area contributed by atoms with E-state index in [9.17, 15) is 13.2 Å². The van der Waals surface area contributed by atoms with Gasteiger partial charge in [0.05, 0.1) is 6.54 Å². The second-order valence-electron chi connectivity index (χ2n) is 5.38. The molecule has 1 saturated heterocycles. The molecule has 0 spiro atoms. The van der Waals surface area contributed by atoms with Crippen LogP contribution in [0, 0.1) is 0 Å². The van der Waals surface area contributed by atoms with Crippen molar-refractivity contribution in [3.05, 3.63) is 11.6 Å². The smallest absolute Gasteiger partial charge is 0.312 e. The molecule has 1 aromatic rings. The SMILES string of the molecule is FC(F)(F)c1nnc2n1CCN(CCC1CSCCN1)C2. The molecule has 1 N–H and O–H groups in total. The molecule has 1 unspecified atom stereocenters. The van der Waals surface area contributed by atoms with Gasteiger partial charge in [-0.15, -0.1) is 10.2 Å². The van der Waals surface area contributed by atoms with Gasteiger partial charge < -0.3 is 9.88 Å².